The minimum absolute atomic E-state index is 0.0152. The van der Waals surface area contributed by atoms with Gasteiger partial charge in [-0.1, -0.05) is 0 Å². The Morgan fingerprint density at radius 1 is 1.44 bits per heavy atom. The molecule has 1 aromatic carbocycles. The van der Waals surface area contributed by atoms with E-state index in [1.165, 1.54) is 0 Å². The molecule has 0 bridgehead atoms. The SMILES string of the molecule is O=C(NC1CC1)c1cc(F)cc([N+](=O)[O-])c1. The Balaban J connectivity index is 2.24. The van der Waals surface area contributed by atoms with Crippen molar-refractivity contribution in [1.82, 2.24) is 5.32 Å². The van der Waals surface area contributed by atoms with Gasteiger partial charge in [0.2, 0.25) is 0 Å². The molecule has 1 aliphatic rings. The molecule has 0 aromatic heterocycles. The van der Waals surface area contributed by atoms with Crippen LogP contribution in [0.1, 0.15) is 23.2 Å². The summed E-state index contributed by atoms with van der Waals surface area (Å²) in [6.45, 7) is 0. The van der Waals surface area contributed by atoms with Crippen LogP contribution < -0.4 is 5.32 Å². The van der Waals surface area contributed by atoms with Crippen LogP contribution in [0, 0.1) is 15.9 Å². The van der Waals surface area contributed by atoms with Crippen molar-refractivity contribution in [2.24, 2.45) is 0 Å². The highest BCUT2D eigenvalue weighted by Crippen LogP contribution is 2.21. The van der Waals surface area contributed by atoms with Gasteiger partial charge in [-0.05, 0) is 18.9 Å². The number of nitro benzene ring substituents is 1. The summed E-state index contributed by atoms with van der Waals surface area (Å²) in [7, 11) is 0. The van der Waals surface area contributed by atoms with E-state index in [-0.39, 0.29) is 11.6 Å². The Kier molecular flexibility index (Phi) is 2.55. The van der Waals surface area contributed by atoms with E-state index in [1.807, 2.05) is 0 Å². The van der Waals surface area contributed by atoms with Crippen LogP contribution in [0.5, 0.6) is 0 Å². The molecule has 1 N–H and O–H groups in total. The van der Waals surface area contributed by atoms with Crippen LogP contribution >= 0.6 is 0 Å². The second kappa shape index (κ2) is 3.88. The maximum atomic E-state index is 13.0. The monoisotopic (exact) mass is 224 g/mol. The fourth-order valence-electron chi connectivity index (χ4n) is 1.31. The van der Waals surface area contributed by atoms with E-state index < -0.39 is 22.3 Å². The van der Waals surface area contributed by atoms with Crippen molar-refractivity contribution in [2.45, 2.75) is 18.9 Å². The Morgan fingerprint density at radius 2 is 2.12 bits per heavy atom. The van der Waals surface area contributed by atoms with Crippen molar-refractivity contribution in [3.05, 3.63) is 39.7 Å². The molecule has 2 rings (SSSR count). The molecule has 0 heterocycles. The van der Waals surface area contributed by atoms with Crippen LogP contribution in [0.3, 0.4) is 0 Å². The second-order valence-corrected chi connectivity index (χ2v) is 3.70. The zero-order valence-electron chi connectivity index (χ0n) is 8.27. The first-order valence-corrected chi connectivity index (χ1v) is 4.82. The summed E-state index contributed by atoms with van der Waals surface area (Å²) >= 11 is 0. The van der Waals surface area contributed by atoms with E-state index in [2.05, 4.69) is 5.32 Å². The van der Waals surface area contributed by atoms with Gasteiger partial charge in [0.15, 0.2) is 0 Å². The molecule has 84 valence electrons. The number of nitrogens with zero attached hydrogens (tertiary/aromatic N) is 1. The highest BCUT2D eigenvalue weighted by atomic mass is 19.1. The van der Waals surface area contributed by atoms with E-state index in [1.54, 1.807) is 0 Å². The first kappa shape index (κ1) is 10.5. The second-order valence-electron chi connectivity index (χ2n) is 3.70. The summed E-state index contributed by atoms with van der Waals surface area (Å²) in [5.74, 6) is -1.25. The topological polar surface area (TPSA) is 72.2 Å². The number of hydrogen-bond donors (Lipinski definition) is 1. The normalized spacial score (nSPS) is 14.6. The van der Waals surface area contributed by atoms with Crippen LogP contribution in [-0.4, -0.2) is 16.9 Å². The quantitative estimate of drug-likeness (QED) is 0.626. The Bertz CT molecular complexity index is 457. The predicted octanol–water partition coefficient (Wildman–Crippen LogP) is 1.63. The summed E-state index contributed by atoms with van der Waals surface area (Å²) in [6, 6.07) is 2.98. The van der Waals surface area contributed by atoms with E-state index in [9.17, 15) is 19.3 Å². The molecule has 5 nitrogen and oxygen atoms in total. The number of nitro groups is 1. The number of halogens is 1. The third-order valence-corrected chi connectivity index (χ3v) is 2.27. The number of carbonyl (C=O) groups excluding carboxylic acids is 1. The van der Waals surface area contributed by atoms with Crippen molar-refractivity contribution in [3.8, 4) is 0 Å². The average Bonchev–Trinajstić information content (AvgIpc) is 3.00. The van der Waals surface area contributed by atoms with Crippen molar-refractivity contribution in [2.75, 3.05) is 0 Å². The first-order chi connectivity index (χ1) is 7.56. The third kappa shape index (κ3) is 2.33. The molecular formula is C10H9FN2O3. The van der Waals surface area contributed by atoms with Gasteiger partial charge in [0.25, 0.3) is 11.6 Å². The van der Waals surface area contributed by atoms with Crippen LogP contribution in [-0.2, 0) is 0 Å². The van der Waals surface area contributed by atoms with Crippen molar-refractivity contribution >= 4 is 11.6 Å². The molecule has 6 heteroatoms. The van der Waals surface area contributed by atoms with E-state index in [0.29, 0.717) is 0 Å². The van der Waals surface area contributed by atoms with Gasteiger partial charge in [-0.2, -0.15) is 0 Å². The van der Waals surface area contributed by atoms with Gasteiger partial charge in [-0.3, -0.25) is 14.9 Å². The lowest BCUT2D eigenvalue weighted by atomic mass is 10.2. The largest absolute Gasteiger partial charge is 0.349 e. The smallest absolute Gasteiger partial charge is 0.273 e. The molecule has 0 saturated heterocycles. The van der Waals surface area contributed by atoms with Gasteiger partial charge in [-0.25, -0.2) is 4.39 Å². The van der Waals surface area contributed by atoms with Crippen molar-refractivity contribution in [3.63, 3.8) is 0 Å². The maximum Gasteiger partial charge on any atom is 0.273 e. The van der Waals surface area contributed by atoms with Crippen LogP contribution in [0.2, 0.25) is 0 Å². The molecule has 1 aliphatic carbocycles. The number of benzene rings is 1. The van der Waals surface area contributed by atoms with Gasteiger partial charge in [-0.15, -0.1) is 0 Å². The lowest BCUT2D eigenvalue weighted by molar-refractivity contribution is -0.385. The maximum absolute atomic E-state index is 13.0. The fourth-order valence-corrected chi connectivity index (χ4v) is 1.31. The molecule has 1 saturated carbocycles. The molecule has 0 radical (unpaired) electrons. The van der Waals surface area contributed by atoms with Gasteiger partial charge >= 0.3 is 0 Å². The number of amides is 1. The Labute approximate surface area is 90.4 Å². The minimum atomic E-state index is -0.782. The molecule has 0 aliphatic heterocycles. The highest BCUT2D eigenvalue weighted by Gasteiger charge is 2.24. The van der Waals surface area contributed by atoms with E-state index >= 15 is 0 Å². The molecule has 0 atom stereocenters. The number of carbonyl (C=O) groups is 1. The third-order valence-electron chi connectivity index (χ3n) is 2.27. The minimum Gasteiger partial charge on any atom is -0.349 e. The highest BCUT2D eigenvalue weighted by molar-refractivity contribution is 5.95. The lowest BCUT2D eigenvalue weighted by Crippen LogP contribution is -2.25. The van der Waals surface area contributed by atoms with Gasteiger partial charge in [0.1, 0.15) is 5.82 Å². The molecule has 1 amide bonds. The summed E-state index contributed by atoms with van der Waals surface area (Å²) in [5, 5.41) is 13.1. The number of non-ortho nitro benzene ring substituents is 1. The lowest BCUT2D eigenvalue weighted by Gasteiger charge is -2.03. The van der Waals surface area contributed by atoms with Crippen molar-refractivity contribution in [1.29, 1.82) is 0 Å². The van der Waals surface area contributed by atoms with Gasteiger partial charge in [0, 0.05) is 17.7 Å². The van der Waals surface area contributed by atoms with Crippen LogP contribution in [0.4, 0.5) is 10.1 Å². The molecule has 1 fully saturated rings. The van der Waals surface area contributed by atoms with E-state index in [4.69, 9.17) is 0 Å². The zero-order valence-corrected chi connectivity index (χ0v) is 8.27. The predicted molar refractivity (Wildman–Crippen MR) is 53.5 cm³/mol. The summed E-state index contributed by atoms with van der Waals surface area (Å²) in [4.78, 5) is 21.3. The summed E-state index contributed by atoms with van der Waals surface area (Å²) in [5.41, 5.74) is -0.431. The molecule has 0 spiro atoms. The number of nitrogens with one attached hydrogen (secondary N) is 1. The van der Waals surface area contributed by atoms with Gasteiger partial charge < -0.3 is 5.32 Å². The Hall–Kier alpha value is -1.98. The van der Waals surface area contributed by atoms with Crippen LogP contribution in [0.15, 0.2) is 18.2 Å². The molecule has 16 heavy (non-hydrogen) atoms. The Morgan fingerprint density at radius 3 is 2.69 bits per heavy atom. The number of hydrogen-bond acceptors (Lipinski definition) is 3. The summed E-state index contributed by atoms with van der Waals surface area (Å²) in [6.07, 6.45) is 1.81. The van der Waals surface area contributed by atoms with E-state index in [0.717, 1.165) is 31.0 Å². The molecule has 0 unspecified atom stereocenters. The molecule has 1 aromatic rings. The zero-order chi connectivity index (χ0) is 11.7. The average molecular weight is 224 g/mol. The molecular weight excluding hydrogens is 215 g/mol. The van der Waals surface area contributed by atoms with Gasteiger partial charge in [0.05, 0.1) is 11.0 Å². The summed E-state index contributed by atoms with van der Waals surface area (Å²) < 4.78 is 13.0. The number of rotatable bonds is 3. The fraction of sp³-hybridized carbons (Fsp3) is 0.300. The first-order valence-electron chi connectivity index (χ1n) is 4.82. The van der Waals surface area contributed by atoms with Crippen molar-refractivity contribution < 1.29 is 14.1 Å². The van der Waals surface area contributed by atoms with Crippen LogP contribution in [0.25, 0.3) is 0 Å². The standard InChI is InChI=1S/C10H9FN2O3/c11-7-3-6(4-9(5-7)13(15)16)10(14)12-8-1-2-8/h3-5,8H,1-2H2,(H,12,14).